The van der Waals surface area contributed by atoms with E-state index in [2.05, 4.69) is 0 Å². The van der Waals surface area contributed by atoms with Gasteiger partial charge < -0.3 is 15.3 Å². The van der Waals surface area contributed by atoms with Crippen LogP contribution in [0.25, 0.3) is 0 Å². The zero-order valence-corrected chi connectivity index (χ0v) is 9.61. The lowest BCUT2D eigenvalue weighted by Gasteiger charge is -2.19. The van der Waals surface area contributed by atoms with E-state index in [0.717, 1.165) is 16.7 Å². The molecule has 0 radical (unpaired) electrons. The minimum atomic E-state index is -2.70. The van der Waals surface area contributed by atoms with Gasteiger partial charge in [-0.05, 0) is 37.5 Å². The number of rotatable bonds is 3. The molecule has 0 bridgehead atoms. The van der Waals surface area contributed by atoms with Crippen molar-refractivity contribution >= 4 is 5.97 Å². The normalized spacial score (nSPS) is 11.6. The summed E-state index contributed by atoms with van der Waals surface area (Å²) in [7, 11) is 0. The Morgan fingerprint density at radius 2 is 1.62 bits per heavy atom. The van der Waals surface area contributed by atoms with Crippen molar-refractivity contribution in [2.24, 2.45) is 0 Å². The first-order valence-corrected chi connectivity index (χ1v) is 4.99. The number of carbonyl (C=O) groups is 1. The summed E-state index contributed by atoms with van der Waals surface area (Å²) < 4.78 is 0. The summed E-state index contributed by atoms with van der Waals surface area (Å²) >= 11 is 0. The van der Waals surface area contributed by atoms with E-state index in [1.54, 1.807) is 0 Å². The van der Waals surface area contributed by atoms with E-state index in [9.17, 15) is 15.0 Å². The molecule has 1 rings (SSSR count). The van der Waals surface area contributed by atoms with Gasteiger partial charge in [-0.2, -0.15) is 0 Å². The van der Waals surface area contributed by atoms with Crippen molar-refractivity contribution in [2.45, 2.75) is 33.0 Å². The molecule has 16 heavy (non-hydrogen) atoms. The second-order valence-corrected chi connectivity index (χ2v) is 4.18. The topological polar surface area (TPSA) is 77.8 Å². The molecular formula is C12H16O4. The molecule has 0 fully saturated rings. The molecule has 88 valence electrons. The molecule has 1 aromatic rings. The van der Waals surface area contributed by atoms with Crippen LogP contribution in [-0.4, -0.2) is 27.1 Å². The van der Waals surface area contributed by atoms with Gasteiger partial charge in [-0.3, -0.25) is 0 Å². The van der Waals surface area contributed by atoms with E-state index in [1.165, 1.54) is 0 Å². The first kappa shape index (κ1) is 12.7. The molecule has 0 spiro atoms. The van der Waals surface area contributed by atoms with Crippen molar-refractivity contribution in [1.29, 1.82) is 0 Å². The second-order valence-electron chi connectivity index (χ2n) is 4.18. The molecule has 0 unspecified atom stereocenters. The number of hydrogen-bond acceptors (Lipinski definition) is 3. The largest absolute Gasteiger partial charge is 0.477 e. The number of aryl methyl sites for hydroxylation is 3. The van der Waals surface area contributed by atoms with Crippen LogP contribution in [0.3, 0.4) is 0 Å². The number of carboxylic acid groups (broad SMARTS) is 1. The van der Waals surface area contributed by atoms with Crippen LogP contribution in [0, 0.1) is 20.8 Å². The van der Waals surface area contributed by atoms with Crippen molar-refractivity contribution in [3.63, 3.8) is 0 Å². The van der Waals surface area contributed by atoms with Crippen LogP contribution in [-0.2, 0) is 11.2 Å². The zero-order chi connectivity index (χ0) is 12.5. The maximum Gasteiger partial charge on any atom is 0.364 e. The van der Waals surface area contributed by atoms with Gasteiger partial charge >= 0.3 is 5.97 Å². The molecule has 0 atom stereocenters. The summed E-state index contributed by atoms with van der Waals surface area (Å²) in [5, 5.41) is 27.3. The van der Waals surface area contributed by atoms with Crippen LogP contribution >= 0.6 is 0 Å². The summed E-state index contributed by atoms with van der Waals surface area (Å²) in [6, 6.07) is 3.78. The predicted molar refractivity (Wildman–Crippen MR) is 59.2 cm³/mol. The summed E-state index contributed by atoms with van der Waals surface area (Å²) in [6.07, 6.45) is -0.305. The maximum atomic E-state index is 10.6. The van der Waals surface area contributed by atoms with Gasteiger partial charge in [0.25, 0.3) is 5.79 Å². The minimum absolute atomic E-state index is 0.305. The quantitative estimate of drug-likeness (QED) is 0.667. The highest BCUT2D eigenvalue weighted by atomic mass is 16.5. The van der Waals surface area contributed by atoms with Crippen molar-refractivity contribution < 1.29 is 20.1 Å². The van der Waals surface area contributed by atoms with Crippen LogP contribution in [0.5, 0.6) is 0 Å². The van der Waals surface area contributed by atoms with Gasteiger partial charge in [-0.1, -0.05) is 17.7 Å². The van der Waals surface area contributed by atoms with Crippen molar-refractivity contribution in [3.8, 4) is 0 Å². The van der Waals surface area contributed by atoms with Gasteiger partial charge in [-0.15, -0.1) is 0 Å². The summed E-state index contributed by atoms with van der Waals surface area (Å²) in [6.45, 7) is 5.59. The monoisotopic (exact) mass is 224 g/mol. The SMILES string of the molecule is Cc1cc(C)c(CC(O)(O)C(=O)O)c(C)c1. The third kappa shape index (κ3) is 2.59. The molecule has 0 amide bonds. The van der Waals surface area contributed by atoms with Crippen molar-refractivity contribution in [2.75, 3.05) is 0 Å². The smallest absolute Gasteiger partial charge is 0.364 e. The van der Waals surface area contributed by atoms with Crippen LogP contribution in [0.4, 0.5) is 0 Å². The third-order valence-corrected chi connectivity index (χ3v) is 2.61. The molecule has 4 nitrogen and oxygen atoms in total. The molecule has 0 aliphatic carbocycles. The maximum absolute atomic E-state index is 10.6. The Hall–Kier alpha value is -1.39. The molecule has 0 saturated carbocycles. The van der Waals surface area contributed by atoms with Crippen LogP contribution in [0.15, 0.2) is 12.1 Å². The van der Waals surface area contributed by atoms with Gasteiger partial charge in [0, 0.05) is 6.42 Å². The highest BCUT2D eigenvalue weighted by Gasteiger charge is 2.34. The number of aliphatic hydroxyl groups is 2. The van der Waals surface area contributed by atoms with E-state index in [-0.39, 0.29) is 6.42 Å². The fourth-order valence-electron chi connectivity index (χ4n) is 1.81. The number of hydrogen-bond donors (Lipinski definition) is 3. The number of benzene rings is 1. The molecule has 0 saturated heterocycles. The van der Waals surface area contributed by atoms with E-state index >= 15 is 0 Å². The molecule has 0 aliphatic heterocycles. The van der Waals surface area contributed by atoms with E-state index in [4.69, 9.17) is 5.11 Å². The van der Waals surface area contributed by atoms with E-state index < -0.39 is 11.8 Å². The molecule has 3 N–H and O–H groups in total. The number of carboxylic acids is 1. The number of aliphatic carboxylic acids is 1. The first-order valence-electron chi connectivity index (χ1n) is 4.99. The van der Waals surface area contributed by atoms with Gasteiger partial charge in [0.15, 0.2) is 0 Å². The molecule has 4 heteroatoms. The molecule has 0 heterocycles. The first-order chi connectivity index (χ1) is 7.24. The molecular weight excluding hydrogens is 208 g/mol. The predicted octanol–water partition coefficient (Wildman–Crippen LogP) is 0.920. The van der Waals surface area contributed by atoms with Crippen molar-refractivity contribution in [1.82, 2.24) is 0 Å². The molecule has 0 aliphatic rings. The lowest BCUT2D eigenvalue weighted by molar-refractivity contribution is -0.202. The summed E-state index contributed by atoms with van der Waals surface area (Å²) in [4.78, 5) is 10.6. The van der Waals surface area contributed by atoms with E-state index in [0.29, 0.717) is 5.56 Å². The van der Waals surface area contributed by atoms with Gasteiger partial charge in [-0.25, -0.2) is 4.79 Å². The van der Waals surface area contributed by atoms with E-state index in [1.807, 2.05) is 32.9 Å². The fraction of sp³-hybridized carbons (Fsp3) is 0.417. The Morgan fingerprint density at radius 1 is 1.19 bits per heavy atom. The van der Waals surface area contributed by atoms with Gasteiger partial charge in [0.2, 0.25) is 0 Å². The Labute approximate surface area is 94.2 Å². The Balaban J connectivity index is 3.11. The highest BCUT2D eigenvalue weighted by Crippen LogP contribution is 2.21. The van der Waals surface area contributed by atoms with Crippen LogP contribution in [0.1, 0.15) is 22.3 Å². The standard InChI is InChI=1S/C12H16O4/c1-7-4-8(2)10(9(3)5-7)6-12(15,16)11(13)14/h4-5,15-16H,6H2,1-3H3,(H,13,14). The second kappa shape index (κ2) is 4.23. The highest BCUT2D eigenvalue weighted by molar-refractivity contribution is 5.75. The average Bonchev–Trinajstić information content (AvgIpc) is 2.11. The molecule has 1 aromatic carbocycles. The third-order valence-electron chi connectivity index (χ3n) is 2.61. The van der Waals surface area contributed by atoms with Gasteiger partial charge in [0.05, 0.1) is 0 Å². The summed E-state index contributed by atoms with van der Waals surface area (Å²) in [5.74, 6) is -4.34. The lowest BCUT2D eigenvalue weighted by atomic mass is 9.94. The molecule has 0 aromatic heterocycles. The Bertz CT molecular complexity index is 398. The lowest BCUT2D eigenvalue weighted by Crippen LogP contribution is -2.40. The van der Waals surface area contributed by atoms with Crippen molar-refractivity contribution in [3.05, 3.63) is 34.4 Å². The summed E-state index contributed by atoms with van der Waals surface area (Å²) in [5.41, 5.74) is 3.46. The minimum Gasteiger partial charge on any atom is -0.477 e. The van der Waals surface area contributed by atoms with Crippen LogP contribution in [0.2, 0.25) is 0 Å². The zero-order valence-electron chi connectivity index (χ0n) is 9.61. The fourth-order valence-corrected chi connectivity index (χ4v) is 1.81. The Morgan fingerprint density at radius 3 is 2.00 bits per heavy atom. The Kier molecular flexibility index (Phi) is 3.35. The van der Waals surface area contributed by atoms with Crippen LogP contribution < -0.4 is 0 Å². The van der Waals surface area contributed by atoms with Gasteiger partial charge in [0.1, 0.15) is 0 Å². The average molecular weight is 224 g/mol.